The van der Waals surface area contributed by atoms with E-state index in [-0.39, 0.29) is 11.3 Å². The normalized spacial score (nSPS) is 10.3. The summed E-state index contributed by atoms with van der Waals surface area (Å²) in [6.07, 6.45) is 0. The van der Waals surface area contributed by atoms with Crippen LogP contribution < -0.4 is 15.6 Å². The van der Waals surface area contributed by atoms with Gasteiger partial charge < -0.3 is 10.1 Å². The van der Waals surface area contributed by atoms with Crippen LogP contribution in [0.1, 0.15) is 16.1 Å². The van der Waals surface area contributed by atoms with Crippen molar-refractivity contribution in [1.82, 2.24) is 10.2 Å². The van der Waals surface area contributed by atoms with Gasteiger partial charge in [-0.2, -0.15) is 0 Å². The number of rotatable bonds is 3. The van der Waals surface area contributed by atoms with Crippen LogP contribution >= 0.6 is 11.6 Å². The first-order valence-electron chi connectivity index (χ1n) is 5.44. The molecule has 1 amide bonds. The second-order valence-corrected chi connectivity index (χ2v) is 4.34. The van der Waals surface area contributed by atoms with Crippen LogP contribution in [0, 0.1) is 6.92 Å². The molecule has 7 heteroatoms. The van der Waals surface area contributed by atoms with Gasteiger partial charge in [-0.1, -0.05) is 11.6 Å². The van der Waals surface area contributed by atoms with E-state index in [9.17, 15) is 9.59 Å². The molecular formula is C12H12ClN3O3. The van der Waals surface area contributed by atoms with E-state index < -0.39 is 5.91 Å². The van der Waals surface area contributed by atoms with E-state index in [2.05, 4.69) is 15.5 Å². The van der Waals surface area contributed by atoms with Gasteiger partial charge in [-0.15, -0.1) is 0 Å². The molecular weight excluding hydrogens is 270 g/mol. The smallest absolute Gasteiger partial charge is 0.273 e. The van der Waals surface area contributed by atoms with Gasteiger partial charge in [0.25, 0.3) is 11.5 Å². The lowest BCUT2D eigenvalue weighted by Gasteiger charge is -2.11. The SMILES string of the molecule is COc1cc(Cl)c(C)cc1NC(=O)c1cc(=O)[nH][nH]1. The zero-order valence-corrected chi connectivity index (χ0v) is 11.1. The molecule has 0 aliphatic heterocycles. The Labute approximate surface area is 113 Å². The summed E-state index contributed by atoms with van der Waals surface area (Å²) in [6.45, 7) is 1.82. The third-order valence-electron chi connectivity index (χ3n) is 2.57. The summed E-state index contributed by atoms with van der Waals surface area (Å²) in [6, 6.07) is 4.49. The van der Waals surface area contributed by atoms with Crippen molar-refractivity contribution in [3.05, 3.63) is 44.8 Å². The van der Waals surface area contributed by atoms with Gasteiger partial charge in [0.1, 0.15) is 11.4 Å². The molecule has 3 N–H and O–H groups in total. The van der Waals surface area contributed by atoms with E-state index in [1.54, 1.807) is 12.1 Å². The predicted molar refractivity (Wildman–Crippen MR) is 72.1 cm³/mol. The molecule has 0 radical (unpaired) electrons. The molecule has 0 aliphatic rings. The first-order chi connectivity index (χ1) is 9.01. The minimum atomic E-state index is -0.446. The number of amides is 1. The second-order valence-electron chi connectivity index (χ2n) is 3.93. The van der Waals surface area contributed by atoms with Gasteiger partial charge in [-0.25, -0.2) is 0 Å². The van der Waals surface area contributed by atoms with Crippen molar-refractivity contribution in [2.45, 2.75) is 6.92 Å². The number of aromatic amines is 2. The Morgan fingerprint density at radius 1 is 1.32 bits per heavy atom. The van der Waals surface area contributed by atoms with Crippen LogP contribution in [0.25, 0.3) is 0 Å². The number of ether oxygens (including phenoxy) is 1. The molecule has 0 spiro atoms. The first kappa shape index (κ1) is 13.2. The van der Waals surface area contributed by atoms with Gasteiger partial charge in [-0.3, -0.25) is 19.8 Å². The molecule has 0 atom stereocenters. The van der Waals surface area contributed by atoms with Crippen LogP contribution in [0.2, 0.25) is 5.02 Å². The third kappa shape index (κ3) is 2.79. The van der Waals surface area contributed by atoms with Crippen molar-refractivity contribution in [3.8, 4) is 5.75 Å². The molecule has 19 heavy (non-hydrogen) atoms. The largest absolute Gasteiger partial charge is 0.495 e. The Morgan fingerprint density at radius 2 is 2.05 bits per heavy atom. The predicted octanol–water partition coefficient (Wildman–Crippen LogP) is 1.93. The number of anilines is 1. The fraction of sp³-hybridized carbons (Fsp3) is 0.167. The van der Waals surface area contributed by atoms with Crippen LogP contribution in [-0.4, -0.2) is 23.2 Å². The van der Waals surface area contributed by atoms with Crippen LogP contribution in [0.15, 0.2) is 23.0 Å². The number of hydrogen-bond donors (Lipinski definition) is 3. The zero-order chi connectivity index (χ0) is 14.0. The van der Waals surface area contributed by atoms with E-state index >= 15 is 0 Å². The molecule has 0 aliphatic carbocycles. The number of carbonyl (C=O) groups excluding carboxylic acids is 1. The Bertz CT molecular complexity index is 675. The summed E-state index contributed by atoms with van der Waals surface area (Å²) in [5, 5.41) is 7.96. The van der Waals surface area contributed by atoms with Crippen LogP contribution in [0.3, 0.4) is 0 Å². The molecule has 0 unspecified atom stereocenters. The minimum absolute atomic E-state index is 0.139. The standard InChI is InChI=1S/C12H12ClN3O3/c1-6-3-8(10(19-2)4-7(6)13)14-12(18)9-5-11(17)16-15-9/h3-5H,1-2H3,(H,14,18)(H2,15,16,17). The maximum Gasteiger partial charge on any atom is 0.273 e. The summed E-state index contributed by atoms with van der Waals surface area (Å²) < 4.78 is 5.14. The summed E-state index contributed by atoms with van der Waals surface area (Å²) in [4.78, 5) is 22.9. The molecule has 100 valence electrons. The zero-order valence-electron chi connectivity index (χ0n) is 10.3. The molecule has 0 saturated heterocycles. The average molecular weight is 282 g/mol. The fourth-order valence-corrected chi connectivity index (χ4v) is 1.73. The Kier molecular flexibility index (Phi) is 3.62. The average Bonchev–Trinajstić information content (AvgIpc) is 2.80. The number of methoxy groups -OCH3 is 1. The number of aromatic nitrogens is 2. The van der Waals surface area contributed by atoms with Crippen molar-refractivity contribution in [2.75, 3.05) is 12.4 Å². The Morgan fingerprint density at radius 3 is 2.63 bits per heavy atom. The van der Waals surface area contributed by atoms with Gasteiger partial charge in [0.15, 0.2) is 0 Å². The monoisotopic (exact) mass is 281 g/mol. The molecule has 2 rings (SSSR count). The highest BCUT2D eigenvalue weighted by atomic mass is 35.5. The van der Waals surface area contributed by atoms with Crippen LogP contribution in [-0.2, 0) is 0 Å². The molecule has 1 heterocycles. The number of hydrogen-bond acceptors (Lipinski definition) is 3. The summed E-state index contributed by atoms with van der Waals surface area (Å²) >= 11 is 5.98. The quantitative estimate of drug-likeness (QED) is 0.803. The number of carbonyl (C=O) groups is 1. The Hall–Kier alpha value is -2.21. The van der Waals surface area contributed by atoms with Gasteiger partial charge >= 0.3 is 0 Å². The number of aryl methyl sites for hydroxylation is 1. The van der Waals surface area contributed by atoms with Gasteiger partial charge in [0.2, 0.25) is 0 Å². The lowest BCUT2D eigenvalue weighted by molar-refractivity contribution is 0.102. The Balaban J connectivity index is 2.30. The van der Waals surface area contributed by atoms with E-state index in [1.165, 1.54) is 13.2 Å². The maximum absolute atomic E-state index is 11.9. The van der Waals surface area contributed by atoms with Crippen molar-refractivity contribution in [3.63, 3.8) is 0 Å². The highest BCUT2D eigenvalue weighted by Crippen LogP contribution is 2.31. The number of H-pyrrole nitrogens is 2. The van der Waals surface area contributed by atoms with Crippen molar-refractivity contribution >= 4 is 23.2 Å². The van der Waals surface area contributed by atoms with Gasteiger partial charge in [0, 0.05) is 17.2 Å². The summed E-state index contributed by atoms with van der Waals surface area (Å²) in [5.74, 6) is 0.000190. The van der Waals surface area contributed by atoms with Crippen LogP contribution in [0.4, 0.5) is 5.69 Å². The fourth-order valence-electron chi connectivity index (χ4n) is 1.57. The van der Waals surface area contributed by atoms with E-state index in [0.717, 1.165) is 5.56 Å². The lowest BCUT2D eigenvalue weighted by atomic mass is 10.2. The molecule has 0 saturated carbocycles. The molecule has 1 aromatic carbocycles. The van der Waals surface area contributed by atoms with E-state index in [0.29, 0.717) is 16.5 Å². The highest BCUT2D eigenvalue weighted by Gasteiger charge is 2.13. The summed E-state index contributed by atoms with van der Waals surface area (Å²) in [5.41, 5.74) is 1.06. The number of benzene rings is 1. The maximum atomic E-state index is 11.9. The van der Waals surface area contributed by atoms with E-state index in [1.807, 2.05) is 6.92 Å². The van der Waals surface area contributed by atoms with Crippen molar-refractivity contribution < 1.29 is 9.53 Å². The third-order valence-corrected chi connectivity index (χ3v) is 2.98. The lowest BCUT2D eigenvalue weighted by Crippen LogP contribution is -2.13. The number of halogens is 1. The van der Waals surface area contributed by atoms with Gasteiger partial charge in [0.05, 0.1) is 12.8 Å². The van der Waals surface area contributed by atoms with E-state index in [4.69, 9.17) is 16.3 Å². The molecule has 0 bridgehead atoms. The molecule has 6 nitrogen and oxygen atoms in total. The summed E-state index contributed by atoms with van der Waals surface area (Å²) in [7, 11) is 1.48. The first-order valence-corrected chi connectivity index (χ1v) is 5.82. The molecule has 1 aromatic heterocycles. The minimum Gasteiger partial charge on any atom is -0.495 e. The number of nitrogens with one attached hydrogen (secondary N) is 3. The van der Waals surface area contributed by atoms with Crippen molar-refractivity contribution in [2.24, 2.45) is 0 Å². The topological polar surface area (TPSA) is 87.0 Å². The molecule has 0 fully saturated rings. The van der Waals surface area contributed by atoms with Crippen molar-refractivity contribution in [1.29, 1.82) is 0 Å². The van der Waals surface area contributed by atoms with Crippen LogP contribution in [0.5, 0.6) is 5.75 Å². The second kappa shape index (κ2) is 5.19. The highest BCUT2D eigenvalue weighted by molar-refractivity contribution is 6.31. The molecule has 2 aromatic rings. The van der Waals surface area contributed by atoms with Gasteiger partial charge in [-0.05, 0) is 18.6 Å².